The van der Waals surface area contributed by atoms with Crippen molar-refractivity contribution in [2.24, 2.45) is 23.2 Å². The molecule has 0 spiro atoms. The summed E-state index contributed by atoms with van der Waals surface area (Å²) in [4.78, 5) is 28.1. The fourth-order valence-corrected chi connectivity index (χ4v) is 5.95. The van der Waals surface area contributed by atoms with Gasteiger partial charge in [-0.1, -0.05) is 0 Å². The third-order valence-electron chi connectivity index (χ3n) is 6.08. The van der Waals surface area contributed by atoms with Crippen LogP contribution in [0.2, 0.25) is 0 Å². The van der Waals surface area contributed by atoms with Gasteiger partial charge >= 0.3 is 5.97 Å². The van der Waals surface area contributed by atoms with Crippen LogP contribution >= 0.6 is 15.9 Å². The highest BCUT2D eigenvalue weighted by Gasteiger charge is 2.55. The normalized spacial score (nSPS) is 36.0. The molecule has 124 valence electrons. The van der Waals surface area contributed by atoms with E-state index in [9.17, 15) is 9.59 Å². The van der Waals surface area contributed by atoms with Gasteiger partial charge in [0.15, 0.2) is 11.9 Å². The van der Waals surface area contributed by atoms with Gasteiger partial charge in [0.1, 0.15) is 5.69 Å². The summed E-state index contributed by atoms with van der Waals surface area (Å²) < 4.78 is 6.26. The van der Waals surface area contributed by atoms with Gasteiger partial charge in [-0.05, 0) is 85.2 Å². The summed E-state index contributed by atoms with van der Waals surface area (Å²) in [7, 11) is 0. The van der Waals surface area contributed by atoms with Gasteiger partial charge in [-0.3, -0.25) is 4.79 Å². The molecule has 4 saturated carbocycles. The van der Waals surface area contributed by atoms with Crippen LogP contribution in [0, 0.1) is 23.2 Å². The van der Waals surface area contributed by atoms with E-state index in [-0.39, 0.29) is 11.2 Å². The number of hydrogen-bond acceptors (Lipinski definition) is 3. The largest absolute Gasteiger partial charge is 0.450 e. The highest BCUT2D eigenvalue weighted by molar-refractivity contribution is 9.10. The summed E-state index contributed by atoms with van der Waals surface area (Å²) in [5, 5.41) is 0. The Bertz CT molecular complexity index is 615. The van der Waals surface area contributed by atoms with Crippen LogP contribution in [-0.2, 0) is 9.53 Å². The van der Waals surface area contributed by atoms with Crippen molar-refractivity contribution < 1.29 is 14.3 Å². The average Bonchev–Trinajstić information content (AvgIpc) is 2.91. The molecule has 23 heavy (non-hydrogen) atoms. The molecule has 4 aliphatic rings. The van der Waals surface area contributed by atoms with Crippen molar-refractivity contribution in [1.29, 1.82) is 0 Å². The molecule has 4 bridgehead atoms. The van der Waals surface area contributed by atoms with Gasteiger partial charge in [0.05, 0.1) is 0 Å². The van der Waals surface area contributed by atoms with Crippen LogP contribution in [0.15, 0.2) is 16.7 Å². The molecule has 0 aliphatic heterocycles. The number of aromatic nitrogens is 1. The predicted molar refractivity (Wildman–Crippen MR) is 89.0 cm³/mol. The van der Waals surface area contributed by atoms with Crippen LogP contribution in [0.1, 0.15) is 55.9 Å². The fourth-order valence-electron chi connectivity index (χ4n) is 5.61. The summed E-state index contributed by atoms with van der Waals surface area (Å²) in [6.45, 7) is 1.73. The molecule has 1 heterocycles. The molecule has 0 saturated heterocycles. The van der Waals surface area contributed by atoms with Crippen molar-refractivity contribution in [2.45, 2.75) is 51.6 Å². The zero-order valence-electron chi connectivity index (χ0n) is 13.3. The minimum Gasteiger partial charge on any atom is -0.450 e. The Labute approximate surface area is 144 Å². The van der Waals surface area contributed by atoms with Crippen LogP contribution < -0.4 is 0 Å². The maximum absolute atomic E-state index is 13.1. The van der Waals surface area contributed by atoms with E-state index in [4.69, 9.17) is 4.74 Å². The Morgan fingerprint density at radius 1 is 1.22 bits per heavy atom. The number of esters is 1. The van der Waals surface area contributed by atoms with E-state index >= 15 is 0 Å². The molecule has 0 amide bonds. The Morgan fingerprint density at radius 2 is 1.78 bits per heavy atom. The Kier molecular flexibility index (Phi) is 3.67. The maximum atomic E-state index is 13.1. The first kappa shape index (κ1) is 15.4. The summed E-state index contributed by atoms with van der Waals surface area (Å²) in [6.07, 6.45) is 7.95. The number of hydrogen-bond donors (Lipinski definition) is 1. The average molecular weight is 380 g/mol. The van der Waals surface area contributed by atoms with Crippen molar-refractivity contribution >= 4 is 27.7 Å². The number of halogens is 1. The first-order valence-electron chi connectivity index (χ1n) is 8.54. The van der Waals surface area contributed by atoms with Crippen LogP contribution in [0.5, 0.6) is 0 Å². The zero-order chi connectivity index (χ0) is 16.2. The summed E-state index contributed by atoms with van der Waals surface area (Å²) in [6, 6.07) is 1.67. The van der Waals surface area contributed by atoms with E-state index < -0.39 is 12.1 Å². The lowest BCUT2D eigenvalue weighted by Crippen LogP contribution is -2.52. The lowest BCUT2D eigenvalue weighted by atomic mass is 9.48. The fraction of sp³-hybridized carbons (Fsp3) is 0.667. The van der Waals surface area contributed by atoms with Crippen LogP contribution in [0.4, 0.5) is 0 Å². The van der Waals surface area contributed by atoms with Crippen molar-refractivity contribution in [1.82, 2.24) is 4.98 Å². The smallest absolute Gasteiger partial charge is 0.355 e. The van der Waals surface area contributed by atoms with E-state index in [0.717, 1.165) is 23.7 Å². The number of Topliss-reactive ketones (excluding diaryl/α,β-unsaturated/α-hetero) is 1. The standard InChI is InChI=1S/C18H22BrNO3/c1-10(23-17(22)15-5-14(19)9-20-15)16(21)18-6-11-2-12(7-18)4-13(3-11)8-18/h5,9-13,20H,2-4,6-8H2,1H3. The first-order chi connectivity index (χ1) is 10.9. The van der Waals surface area contributed by atoms with Crippen LogP contribution in [0.3, 0.4) is 0 Å². The highest BCUT2D eigenvalue weighted by atomic mass is 79.9. The Morgan fingerprint density at radius 3 is 2.26 bits per heavy atom. The number of ketones is 1. The third kappa shape index (κ3) is 2.67. The zero-order valence-corrected chi connectivity index (χ0v) is 14.9. The number of ether oxygens (including phenoxy) is 1. The predicted octanol–water partition coefficient (Wildman–Crippen LogP) is 4.11. The lowest BCUT2D eigenvalue weighted by Gasteiger charge is -2.56. The summed E-state index contributed by atoms with van der Waals surface area (Å²) >= 11 is 3.30. The molecular weight excluding hydrogens is 358 g/mol. The number of carbonyl (C=O) groups excluding carboxylic acids is 2. The molecule has 1 N–H and O–H groups in total. The van der Waals surface area contributed by atoms with Crippen molar-refractivity contribution in [2.75, 3.05) is 0 Å². The Hall–Kier alpha value is -1.10. The third-order valence-corrected chi connectivity index (χ3v) is 6.54. The summed E-state index contributed by atoms with van der Waals surface area (Å²) in [5.74, 6) is 1.84. The van der Waals surface area contributed by atoms with Crippen LogP contribution in [-0.4, -0.2) is 22.8 Å². The number of H-pyrrole nitrogens is 1. The number of carbonyl (C=O) groups is 2. The quantitative estimate of drug-likeness (QED) is 0.800. The molecule has 1 aromatic heterocycles. The monoisotopic (exact) mass is 379 g/mol. The molecule has 5 rings (SSSR count). The molecule has 5 heteroatoms. The van der Waals surface area contributed by atoms with E-state index in [1.807, 2.05) is 0 Å². The molecule has 4 fully saturated rings. The lowest BCUT2D eigenvalue weighted by molar-refractivity contribution is -0.152. The van der Waals surface area contributed by atoms with Gasteiger partial charge in [-0.2, -0.15) is 0 Å². The van der Waals surface area contributed by atoms with E-state index in [1.54, 1.807) is 19.2 Å². The minimum atomic E-state index is -0.666. The first-order valence-corrected chi connectivity index (χ1v) is 9.34. The molecule has 1 atom stereocenters. The van der Waals surface area contributed by atoms with Crippen LogP contribution in [0.25, 0.3) is 0 Å². The molecule has 1 unspecified atom stereocenters. The number of aromatic amines is 1. The van der Waals surface area contributed by atoms with Gasteiger partial charge < -0.3 is 9.72 Å². The van der Waals surface area contributed by atoms with E-state index in [0.29, 0.717) is 23.4 Å². The topological polar surface area (TPSA) is 59.2 Å². The summed E-state index contributed by atoms with van der Waals surface area (Å²) in [5.41, 5.74) is 0.159. The number of nitrogens with one attached hydrogen (secondary N) is 1. The second-order valence-corrected chi connectivity index (χ2v) is 8.76. The molecule has 0 aromatic carbocycles. The molecule has 1 aromatic rings. The molecule has 4 nitrogen and oxygen atoms in total. The van der Waals surface area contributed by atoms with Gasteiger partial charge in [-0.25, -0.2) is 4.79 Å². The second-order valence-electron chi connectivity index (χ2n) is 7.84. The second kappa shape index (κ2) is 5.47. The number of rotatable bonds is 4. The van der Waals surface area contributed by atoms with Gasteiger partial charge in [0.25, 0.3) is 0 Å². The highest BCUT2D eigenvalue weighted by Crippen LogP contribution is 2.60. The van der Waals surface area contributed by atoms with E-state index in [1.165, 1.54) is 19.3 Å². The van der Waals surface area contributed by atoms with Gasteiger partial charge in [0, 0.05) is 16.1 Å². The Balaban J connectivity index is 1.47. The minimum absolute atomic E-state index is 0.149. The SMILES string of the molecule is CC(OC(=O)c1cc(Br)c[nH]1)C(=O)C12CC3CC(CC(C3)C1)C2. The maximum Gasteiger partial charge on any atom is 0.355 e. The van der Waals surface area contributed by atoms with Crippen molar-refractivity contribution in [3.63, 3.8) is 0 Å². The van der Waals surface area contributed by atoms with Crippen molar-refractivity contribution in [3.8, 4) is 0 Å². The molecule has 0 radical (unpaired) electrons. The molecular formula is C18H22BrNO3. The van der Waals surface area contributed by atoms with Gasteiger partial charge in [0.2, 0.25) is 0 Å². The molecule has 4 aliphatic carbocycles. The van der Waals surface area contributed by atoms with E-state index in [2.05, 4.69) is 20.9 Å². The van der Waals surface area contributed by atoms with Gasteiger partial charge in [-0.15, -0.1) is 0 Å². The van der Waals surface area contributed by atoms with Crippen molar-refractivity contribution in [3.05, 3.63) is 22.4 Å².